The lowest BCUT2D eigenvalue weighted by Crippen LogP contribution is -2.19. The summed E-state index contributed by atoms with van der Waals surface area (Å²) in [5.74, 6) is 0.939. The largest absolute Gasteiger partial charge is 0.484 e. The number of hydrogen-bond donors (Lipinski definition) is 1. The first kappa shape index (κ1) is 19.7. The lowest BCUT2D eigenvalue weighted by Gasteiger charge is -2.10. The van der Waals surface area contributed by atoms with Gasteiger partial charge in [0.1, 0.15) is 17.4 Å². The zero-order valence-corrected chi connectivity index (χ0v) is 14.3. The lowest BCUT2D eigenvalue weighted by molar-refractivity contribution is -0.153. The van der Waals surface area contributed by atoms with Gasteiger partial charge in [0.25, 0.3) is 0 Å². The van der Waals surface area contributed by atoms with Gasteiger partial charge in [0, 0.05) is 12.6 Å². The van der Waals surface area contributed by atoms with Gasteiger partial charge in [-0.05, 0) is 30.2 Å². The maximum Gasteiger partial charge on any atom is 0.422 e. The molecule has 0 radical (unpaired) electrons. The quantitative estimate of drug-likeness (QED) is 0.768. The normalized spacial score (nSPS) is 11.2. The highest BCUT2D eigenvalue weighted by Gasteiger charge is 2.28. The van der Waals surface area contributed by atoms with E-state index in [-0.39, 0.29) is 18.1 Å². The fourth-order valence-electron chi connectivity index (χ4n) is 2.17. The molecule has 0 fully saturated rings. The maximum absolute atomic E-state index is 12.1. The Labute approximate surface area is 149 Å². The molecule has 8 heteroatoms. The second-order valence-electron chi connectivity index (χ2n) is 5.73. The summed E-state index contributed by atoms with van der Waals surface area (Å²) in [4.78, 5) is 20.5. The summed E-state index contributed by atoms with van der Waals surface area (Å²) in [6, 6.07) is 7.53. The number of aryl methyl sites for hydroxylation is 1. The van der Waals surface area contributed by atoms with Crippen LogP contribution in [0, 0.1) is 0 Å². The van der Waals surface area contributed by atoms with Gasteiger partial charge in [-0.3, -0.25) is 4.79 Å². The zero-order valence-electron chi connectivity index (χ0n) is 14.3. The van der Waals surface area contributed by atoms with Crippen LogP contribution >= 0.6 is 0 Å². The van der Waals surface area contributed by atoms with Crippen LogP contribution in [-0.2, 0) is 17.6 Å². The van der Waals surface area contributed by atoms with E-state index in [0.29, 0.717) is 17.2 Å². The summed E-state index contributed by atoms with van der Waals surface area (Å²) in [7, 11) is 0. The molecule has 1 amide bonds. The number of hydrogen-bond acceptors (Lipinski definition) is 4. The fraction of sp³-hybridized carbons (Fsp3) is 0.389. The Kier molecular flexibility index (Phi) is 6.94. The number of carbonyl (C=O) groups excluding carboxylic acids is 1. The summed E-state index contributed by atoms with van der Waals surface area (Å²) < 4.78 is 41.0. The van der Waals surface area contributed by atoms with E-state index < -0.39 is 12.8 Å². The molecule has 0 saturated heterocycles. The Morgan fingerprint density at radius 3 is 2.58 bits per heavy atom. The second-order valence-corrected chi connectivity index (χ2v) is 5.73. The van der Waals surface area contributed by atoms with Gasteiger partial charge >= 0.3 is 6.18 Å². The molecular formula is C18H20F3N3O2. The number of nitrogens with one attached hydrogen (secondary N) is 1. The first-order valence-corrected chi connectivity index (χ1v) is 8.26. The number of halogens is 3. The van der Waals surface area contributed by atoms with Crippen LogP contribution in [0.15, 0.2) is 36.5 Å². The number of anilines is 1. The highest BCUT2D eigenvalue weighted by molar-refractivity contribution is 5.91. The molecule has 0 spiro atoms. The Bertz CT molecular complexity index is 718. The molecule has 26 heavy (non-hydrogen) atoms. The molecule has 1 aromatic carbocycles. The average molecular weight is 367 g/mol. The van der Waals surface area contributed by atoms with Crippen LogP contribution in [-0.4, -0.2) is 28.7 Å². The van der Waals surface area contributed by atoms with E-state index in [4.69, 9.17) is 0 Å². The highest BCUT2D eigenvalue weighted by Crippen LogP contribution is 2.19. The SMILES string of the molecule is CCCCc1nccc(NC(=O)Cc2ccc(OCC(F)(F)F)cc2)n1. The number of benzene rings is 1. The van der Waals surface area contributed by atoms with Gasteiger partial charge in [-0.15, -0.1) is 0 Å². The summed E-state index contributed by atoms with van der Waals surface area (Å²) in [6.45, 7) is 0.728. The molecule has 5 nitrogen and oxygen atoms in total. The summed E-state index contributed by atoms with van der Waals surface area (Å²) >= 11 is 0. The third-order valence-electron chi connectivity index (χ3n) is 3.42. The molecule has 0 aliphatic rings. The van der Waals surface area contributed by atoms with Crippen molar-refractivity contribution in [2.24, 2.45) is 0 Å². The topological polar surface area (TPSA) is 64.1 Å². The summed E-state index contributed by atoms with van der Waals surface area (Å²) in [5, 5.41) is 2.70. The summed E-state index contributed by atoms with van der Waals surface area (Å²) in [6.07, 6.45) is 0.0443. The van der Waals surface area contributed by atoms with Crippen LogP contribution in [0.2, 0.25) is 0 Å². The van der Waals surface area contributed by atoms with Crippen molar-refractivity contribution in [3.63, 3.8) is 0 Å². The Balaban J connectivity index is 1.87. The minimum atomic E-state index is -4.38. The van der Waals surface area contributed by atoms with Gasteiger partial charge < -0.3 is 10.1 Å². The number of nitrogens with zero attached hydrogens (tertiary/aromatic N) is 2. The molecule has 1 N–H and O–H groups in total. The lowest BCUT2D eigenvalue weighted by atomic mass is 10.1. The molecule has 2 aromatic rings. The van der Waals surface area contributed by atoms with Crippen molar-refractivity contribution in [3.8, 4) is 5.75 Å². The van der Waals surface area contributed by atoms with Crippen LogP contribution < -0.4 is 10.1 Å². The molecule has 0 aliphatic heterocycles. The Morgan fingerprint density at radius 1 is 1.19 bits per heavy atom. The van der Waals surface area contributed by atoms with Gasteiger partial charge in [0.2, 0.25) is 5.91 Å². The molecule has 0 bridgehead atoms. The highest BCUT2D eigenvalue weighted by atomic mass is 19.4. The molecule has 0 aliphatic carbocycles. The number of aromatic nitrogens is 2. The Morgan fingerprint density at radius 2 is 1.92 bits per heavy atom. The molecule has 1 aromatic heterocycles. The average Bonchev–Trinajstić information content (AvgIpc) is 2.59. The van der Waals surface area contributed by atoms with Crippen LogP contribution in [0.1, 0.15) is 31.2 Å². The molecular weight excluding hydrogens is 347 g/mol. The standard InChI is InChI=1S/C18H20F3N3O2/c1-2-3-4-15-22-10-9-16(23-15)24-17(25)11-13-5-7-14(8-6-13)26-12-18(19,20)21/h5-10H,2-4,11-12H2,1H3,(H,22,23,24,25). The second kappa shape index (κ2) is 9.17. The van der Waals surface area contributed by atoms with E-state index in [1.807, 2.05) is 0 Å². The van der Waals surface area contributed by atoms with Gasteiger partial charge in [-0.25, -0.2) is 9.97 Å². The number of carbonyl (C=O) groups is 1. The molecule has 140 valence electrons. The van der Waals surface area contributed by atoms with Gasteiger partial charge in [0.05, 0.1) is 6.42 Å². The third kappa shape index (κ3) is 7.08. The van der Waals surface area contributed by atoms with E-state index in [9.17, 15) is 18.0 Å². The number of rotatable bonds is 8. The van der Waals surface area contributed by atoms with Crippen LogP contribution in [0.3, 0.4) is 0 Å². The maximum atomic E-state index is 12.1. The van der Waals surface area contributed by atoms with Crippen molar-refractivity contribution in [2.75, 3.05) is 11.9 Å². The predicted molar refractivity (Wildman–Crippen MR) is 91.0 cm³/mol. The Hall–Kier alpha value is -2.64. The minimum Gasteiger partial charge on any atom is -0.484 e. The molecule has 2 rings (SSSR count). The number of ether oxygens (including phenoxy) is 1. The van der Waals surface area contributed by atoms with E-state index in [1.54, 1.807) is 24.4 Å². The molecule has 1 heterocycles. The first-order valence-electron chi connectivity index (χ1n) is 8.26. The van der Waals surface area contributed by atoms with Crippen molar-refractivity contribution in [1.82, 2.24) is 9.97 Å². The van der Waals surface area contributed by atoms with E-state index in [2.05, 4.69) is 26.9 Å². The van der Waals surface area contributed by atoms with Gasteiger partial charge in [0.15, 0.2) is 6.61 Å². The van der Waals surface area contributed by atoms with Crippen LogP contribution in [0.5, 0.6) is 5.75 Å². The van der Waals surface area contributed by atoms with Crippen LogP contribution in [0.25, 0.3) is 0 Å². The van der Waals surface area contributed by atoms with Crippen molar-refractivity contribution in [2.45, 2.75) is 38.8 Å². The van der Waals surface area contributed by atoms with Crippen molar-refractivity contribution >= 4 is 11.7 Å². The smallest absolute Gasteiger partial charge is 0.422 e. The predicted octanol–water partition coefficient (Wildman–Crippen LogP) is 3.94. The number of unbranched alkanes of at least 4 members (excludes halogenated alkanes) is 1. The first-order chi connectivity index (χ1) is 12.4. The number of alkyl halides is 3. The van der Waals surface area contributed by atoms with Crippen molar-refractivity contribution < 1.29 is 22.7 Å². The van der Waals surface area contributed by atoms with Gasteiger partial charge in [-0.1, -0.05) is 25.5 Å². The molecule has 0 unspecified atom stereocenters. The summed E-state index contributed by atoms with van der Waals surface area (Å²) in [5.41, 5.74) is 0.655. The molecule has 0 atom stereocenters. The fourth-order valence-corrected chi connectivity index (χ4v) is 2.17. The van der Waals surface area contributed by atoms with E-state index in [1.165, 1.54) is 12.1 Å². The zero-order chi connectivity index (χ0) is 19.0. The molecule has 0 saturated carbocycles. The van der Waals surface area contributed by atoms with E-state index >= 15 is 0 Å². The monoisotopic (exact) mass is 367 g/mol. The van der Waals surface area contributed by atoms with Crippen LogP contribution in [0.4, 0.5) is 19.0 Å². The van der Waals surface area contributed by atoms with Crippen molar-refractivity contribution in [1.29, 1.82) is 0 Å². The minimum absolute atomic E-state index is 0.0772. The number of amides is 1. The van der Waals surface area contributed by atoms with Gasteiger partial charge in [-0.2, -0.15) is 13.2 Å². The van der Waals surface area contributed by atoms with E-state index in [0.717, 1.165) is 19.3 Å². The third-order valence-corrected chi connectivity index (χ3v) is 3.42. The van der Waals surface area contributed by atoms with Crippen molar-refractivity contribution in [3.05, 3.63) is 47.9 Å².